The number of hydrogen-bond acceptors (Lipinski definition) is 6. The summed E-state index contributed by atoms with van der Waals surface area (Å²) in [6.45, 7) is 0.335. The first-order valence-electron chi connectivity index (χ1n) is 10.0. The zero-order chi connectivity index (χ0) is 24.2. The van der Waals surface area contributed by atoms with Crippen LogP contribution in [-0.4, -0.2) is 29.9 Å². The molecule has 34 heavy (non-hydrogen) atoms. The standard InChI is InChI=1S/C24H18I2N2O6/c1-32-23(30)20-8-7-16(34-20)12-28-22(29)19(27-24(28)31)11-15-9-17(25)21(18(26)10-15)33-13-14-5-3-2-4-6-14/h2-11H,12-13H2,1H3,(H,27,31)/b19-11-. The lowest BCUT2D eigenvalue weighted by Gasteiger charge is -2.12. The minimum absolute atomic E-state index is 0.000886. The van der Waals surface area contributed by atoms with Crippen LogP contribution in [0.25, 0.3) is 6.08 Å². The predicted molar refractivity (Wildman–Crippen MR) is 140 cm³/mol. The van der Waals surface area contributed by atoms with Gasteiger partial charge in [-0.3, -0.25) is 9.69 Å². The molecule has 10 heteroatoms. The Morgan fingerprint density at radius 2 is 1.79 bits per heavy atom. The summed E-state index contributed by atoms with van der Waals surface area (Å²) in [5.41, 5.74) is 1.96. The summed E-state index contributed by atoms with van der Waals surface area (Å²) in [6.07, 6.45) is 1.62. The van der Waals surface area contributed by atoms with Crippen molar-refractivity contribution in [3.8, 4) is 5.75 Å². The molecular formula is C24H18I2N2O6. The fourth-order valence-corrected chi connectivity index (χ4v) is 5.37. The van der Waals surface area contributed by atoms with Crippen molar-refractivity contribution >= 4 is 69.2 Å². The molecule has 1 aliphatic heterocycles. The molecule has 2 heterocycles. The molecule has 1 fully saturated rings. The van der Waals surface area contributed by atoms with Crippen LogP contribution in [0.3, 0.4) is 0 Å². The molecule has 1 aliphatic rings. The first-order chi connectivity index (χ1) is 16.4. The third-order valence-electron chi connectivity index (χ3n) is 4.88. The van der Waals surface area contributed by atoms with Crippen LogP contribution in [0.2, 0.25) is 0 Å². The lowest BCUT2D eigenvalue weighted by molar-refractivity contribution is -0.123. The van der Waals surface area contributed by atoms with Gasteiger partial charge in [0, 0.05) is 0 Å². The van der Waals surface area contributed by atoms with Crippen LogP contribution in [0.4, 0.5) is 4.79 Å². The van der Waals surface area contributed by atoms with Crippen LogP contribution >= 0.6 is 45.2 Å². The van der Waals surface area contributed by atoms with Gasteiger partial charge in [0.05, 0.1) is 20.8 Å². The van der Waals surface area contributed by atoms with E-state index in [1.807, 2.05) is 42.5 Å². The van der Waals surface area contributed by atoms with Gasteiger partial charge in [-0.2, -0.15) is 0 Å². The highest BCUT2D eigenvalue weighted by molar-refractivity contribution is 14.1. The van der Waals surface area contributed by atoms with Gasteiger partial charge in [0.25, 0.3) is 5.91 Å². The molecule has 0 radical (unpaired) electrons. The molecule has 3 aromatic rings. The van der Waals surface area contributed by atoms with E-state index < -0.39 is 17.9 Å². The van der Waals surface area contributed by atoms with Gasteiger partial charge in [-0.15, -0.1) is 0 Å². The minimum Gasteiger partial charge on any atom is -0.487 e. The highest BCUT2D eigenvalue weighted by atomic mass is 127. The number of amides is 3. The van der Waals surface area contributed by atoms with E-state index in [2.05, 4.69) is 55.2 Å². The molecule has 3 amide bonds. The number of rotatable bonds is 7. The number of hydrogen-bond donors (Lipinski definition) is 1. The topological polar surface area (TPSA) is 98.1 Å². The number of nitrogens with zero attached hydrogens (tertiary/aromatic N) is 1. The molecule has 2 aromatic carbocycles. The van der Waals surface area contributed by atoms with Crippen molar-refractivity contribution < 1.29 is 28.3 Å². The van der Waals surface area contributed by atoms with Crippen LogP contribution in [-0.2, 0) is 22.7 Å². The van der Waals surface area contributed by atoms with Gasteiger partial charge in [-0.05, 0) is 86.7 Å². The van der Waals surface area contributed by atoms with Crippen LogP contribution in [0.5, 0.6) is 5.75 Å². The molecule has 1 saturated heterocycles. The Hall–Kier alpha value is -2.87. The van der Waals surface area contributed by atoms with Crippen LogP contribution in [0, 0.1) is 7.14 Å². The molecule has 0 aliphatic carbocycles. The van der Waals surface area contributed by atoms with Crippen molar-refractivity contribution in [2.45, 2.75) is 13.2 Å². The molecule has 4 rings (SSSR count). The number of methoxy groups -OCH3 is 1. The molecular weight excluding hydrogens is 666 g/mol. The number of carbonyl (C=O) groups is 3. The van der Waals surface area contributed by atoms with E-state index in [-0.39, 0.29) is 23.8 Å². The summed E-state index contributed by atoms with van der Waals surface area (Å²) in [6, 6.07) is 16.0. The third kappa shape index (κ3) is 5.43. The number of imide groups is 1. The largest absolute Gasteiger partial charge is 0.487 e. The minimum atomic E-state index is -0.635. The molecule has 0 saturated carbocycles. The van der Waals surface area contributed by atoms with Crippen LogP contribution in [0.15, 0.2) is 64.7 Å². The van der Waals surface area contributed by atoms with Gasteiger partial charge < -0.3 is 19.2 Å². The number of halogens is 2. The summed E-state index contributed by atoms with van der Waals surface area (Å²) >= 11 is 4.38. The zero-order valence-electron chi connectivity index (χ0n) is 17.8. The van der Waals surface area contributed by atoms with Crippen molar-refractivity contribution in [2.24, 2.45) is 0 Å². The SMILES string of the molecule is COC(=O)c1ccc(CN2C(=O)N/C(=C\c3cc(I)c(OCc4ccccc4)c(I)c3)C2=O)o1. The second-order valence-corrected chi connectivity index (χ2v) is 9.55. The average molecular weight is 684 g/mol. The van der Waals surface area contributed by atoms with Crippen LogP contribution < -0.4 is 10.1 Å². The lowest BCUT2D eigenvalue weighted by atomic mass is 10.2. The van der Waals surface area contributed by atoms with Gasteiger partial charge in [0.1, 0.15) is 23.8 Å². The molecule has 0 atom stereocenters. The number of nitrogens with one attached hydrogen (secondary N) is 1. The van der Waals surface area contributed by atoms with Crippen LogP contribution in [0.1, 0.15) is 27.4 Å². The van der Waals surface area contributed by atoms with Gasteiger partial charge in [-0.25, -0.2) is 9.59 Å². The average Bonchev–Trinajstić information content (AvgIpc) is 3.39. The summed E-state index contributed by atoms with van der Waals surface area (Å²) in [4.78, 5) is 37.8. The van der Waals surface area contributed by atoms with E-state index in [1.54, 1.807) is 6.08 Å². The Kier molecular flexibility index (Phi) is 7.56. The smallest absolute Gasteiger partial charge is 0.373 e. The van der Waals surface area contributed by atoms with Crippen molar-refractivity contribution in [3.63, 3.8) is 0 Å². The number of furan rings is 1. The molecule has 1 N–H and O–H groups in total. The molecule has 1 aromatic heterocycles. The van der Waals surface area contributed by atoms with E-state index in [9.17, 15) is 14.4 Å². The van der Waals surface area contributed by atoms with Gasteiger partial charge in [0.15, 0.2) is 0 Å². The van der Waals surface area contributed by atoms with Gasteiger partial charge in [0.2, 0.25) is 5.76 Å². The number of benzene rings is 2. The summed E-state index contributed by atoms with van der Waals surface area (Å²) in [5.74, 6) is -0.0806. The molecule has 0 bridgehead atoms. The first kappa shape index (κ1) is 24.3. The van der Waals surface area contributed by atoms with E-state index in [4.69, 9.17) is 9.15 Å². The quantitative estimate of drug-likeness (QED) is 0.164. The van der Waals surface area contributed by atoms with E-state index in [0.717, 1.165) is 28.9 Å². The van der Waals surface area contributed by atoms with Crippen molar-refractivity contribution in [1.82, 2.24) is 10.2 Å². The van der Waals surface area contributed by atoms with E-state index >= 15 is 0 Å². The second kappa shape index (κ2) is 10.6. The fraction of sp³-hybridized carbons (Fsp3) is 0.125. The third-order valence-corrected chi connectivity index (χ3v) is 6.48. The summed E-state index contributed by atoms with van der Waals surface area (Å²) < 4.78 is 17.7. The maximum atomic E-state index is 12.8. The first-order valence-corrected chi connectivity index (χ1v) is 12.2. The number of urea groups is 1. The monoisotopic (exact) mass is 684 g/mol. The van der Waals surface area contributed by atoms with Gasteiger partial charge in [-0.1, -0.05) is 30.3 Å². The molecule has 174 valence electrons. The van der Waals surface area contributed by atoms with E-state index in [1.165, 1.54) is 19.2 Å². The van der Waals surface area contributed by atoms with E-state index in [0.29, 0.717) is 6.61 Å². The number of carbonyl (C=O) groups excluding carboxylic acids is 3. The van der Waals surface area contributed by atoms with Crippen molar-refractivity contribution in [1.29, 1.82) is 0 Å². The maximum Gasteiger partial charge on any atom is 0.373 e. The molecule has 8 nitrogen and oxygen atoms in total. The highest BCUT2D eigenvalue weighted by Gasteiger charge is 2.34. The van der Waals surface area contributed by atoms with Crippen molar-refractivity contribution in [3.05, 3.63) is 90.1 Å². The second-order valence-electron chi connectivity index (χ2n) is 7.22. The summed E-state index contributed by atoms with van der Waals surface area (Å²) in [7, 11) is 1.24. The number of esters is 1. The van der Waals surface area contributed by atoms with Crippen molar-refractivity contribution in [2.75, 3.05) is 7.11 Å². The van der Waals surface area contributed by atoms with Gasteiger partial charge >= 0.3 is 12.0 Å². The fourth-order valence-electron chi connectivity index (χ4n) is 3.24. The summed E-state index contributed by atoms with van der Waals surface area (Å²) in [5, 5.41) is 2.59. The Labute approximate surface area is 222 Å². The predicted octanol–water partition coefficient (Wildman–Crippen LogP) is 4.95. The highest BCUT2D eigenvalue weighted by Crippen LogP contribution is 2.31. The maximum absolute atomic E-state index is 12.8. The molecule has 0 unspecified atom stereocenters. The molecule has 0 spiro atoms. The Morgan fingerprint density at radius 3 is 2.47 bits per heavy atom. The zero-order valence-corrected chi connectivity index (χ0v) is 22.2. The Balaban J connectivity index is 1.48. The normalized spacial score (nSPS) is 14.4. The number of ether oxygens (including phenoxy) is 2. The lowest BCUT2D eigenvalue weighted by Crippen LogP contribution is -2.30. The Bertz CT molecular complexity index is 1260. The Morgan fingerprint density at radius 1 is 1.09 bits per heavy atom.